The Bertz CT molecular complexity index is 661. The first-order valence-corrected chi connectivity index (χ1v) is 8.59. The second-order valence-corrected chi connectivity index (χ2v) is 7.79. The molecule has 0 N–H and O–H groups in total. The number of hydrogen-bond donors (Lipinski definition) is 0. The highest BCUT2D eigenvalue weighted by molar-refractivity contribution is 5.83. The summed E-state index contributed by atoms with van der Waals surface area (Å²) >= 11 is 0. The highest BCUT2D eigenvalue weighted by Crippen LogP contribution is 2.60. The second-order valence-electron chi connectivity index (χ2n) is 7.79. The van der Waals surface area contributed by atoms with Crippen LogP contribution in [0.1, 0.15) is 27.7 Å². The van der Waals surface area contributed by atoms with Crippen molar-refractivity contribution < 1.29 is 14.3 Å². The van der Waals surface area contributed by atoms with Crippen molar-refractivity contribution >= 4 is 5.91 Å². The van der Waals surface area contributed by atoms with E-state index in [2.05, 4.69) is 33.8 Å². The van der Waals surface area contributed by atoms with Crippen LogP contribution in [0.4, 0.5) is 0 Å². The molecule has 0 unspecified atom stereocenters. The summed E-state index contributed by atoms with van der Waals surface area (Å²) < 4.78 is 11.7. The first-order valence-electron chi connectivity index (χ1n) is 8.59. The average Bonchev–Trinajstić information content (AvgIpc) is 3.06. The van der Waals surface area contributed by atoms with Gasteiger partial charge in [0.2, 0.25) is 5.91 Å². The van der Waals surface area contributed by atoms with E-state index in [1.165, 1.54) is 5.57 Å². The summed E-state index contributed by atoms with van der Waals surface area (Å²) in [6.45, 7) is 9.53. The molecule has 1 aliphatic heterocycles. The summed E-state index contributed by atoms with van der Waals surface area (Å²) in [7, 11) is 1.86. The molecule has 1 aliphatic carbocycles. The topological polar surface area (TPSA) is 38.8 Å². The van der Waals surface area contributed by atoms with Gasteiger partial charge < -0.3 is 14.4 Å². The summed E-state index contributed by atoms with van der Waals surface area (Å²) in [6.07, 6.45) is 2.10. The van der Waals surface area contributed by atoms with E-state index in [9.17, 15) is 4.79 Å². The Morgan fingerprint density at radius 3 is 2.62 bits per heavy atom. The monoisotopic (exact) mass is 329 g/mol. The van der Waals surface area contributed by atoms with Gasteiger partial charge in [0.25, 0.3) is 0 Å². The van der Waals surface area contributed by atoms with Crippen molar-refractivity contribution in [3.63, 3.8) is 0 Å². The van der Waals surface area contributed by atoms with Crippen LogP contribution in [0, 0.1) is 17.3 Å². The number of rotatable bonds is 4. The lowest BCUT2D eigenvalue weighted by Gasteiger charge is -2.29. The van der Waals surface area contributed by atoms with Crippen molar-refractivity contribution in [3.05, 3.63) is 35.9 Å². The molecule has 1 saturated carbocycles. The van der Waals surface area contributed by atoms with Gasteiger partial charge in [0.1, 0.15) is 6.61 Å². The van der Waals surface area contributed by atoms with Gasteiger partial charge in [-0.05, 0) is 37.3 Å². The highest BCUT2D eigenvalue weighted by Gasteiger charge is 2.61. The van der Waals surface area contributed by atoms with Crippen LogP contribution in [-0.2, 0) is 4.79 Å². The molecule has 0 radical (unpaired) electrons. The molecule has 4 heteroatoms. The van der Waals surface area contributed by atoms with Crippen molar-refractivity contribution in [1.29, 1.82) is 0 Å². The van der Waals surface area contributed by atoms with E-state index in [0.29, 0.717) is 19.1 Å². The minimum Gasteiger partial charge on any atom is -0.486 e. The molecule has 0 spiro atoms. The standard InChI is InChI=1S/C20H27NO3/c1-13(2)10-15-18(20(15,3)4)19(22)21(5)11-14-12-23-16-8-6-7-9-17(16)24-14/h6-10,14-15,18H,11-12H2,1-5H3/t14-,15+,18+/m0/s1. The third kappa shape index (κ3) is 3.14. The lowest BCUT2D eigenvalue weighted by atomic mass is 10.1. The number of ether oxygens (including phenoxy) is 2. The van der Waals surface area contributed by atoms with Crippen molar-refractivity contribution in [2.24, 2.45) is 17.3 Å². The van der Waals surface area contributed by atoms with Crippen molar-refractivity contribution in [1.82, 2.24) is 4.90 Å². The number of fused-ring (bicyclic) bond motifs is 1. The van der Waals surface area contributed by atoms with E-state index in [4.69, 9.17) is 9.47 Å². The number of likely N-dealkylation sites (N-methyl/N-ethyl adjacent to an activating group) is 1. The smallest absolute Gasteiger partial charge is 0.226 e. The van der Waals surface area contributed by atoms with E-state index in [-0.39, 0.29) is 23.3 Å². The Morgan fingerprint density at radius 1 is 1.29 bits per heavy atom. The first-order chi connectivity index (χ1) is 11.3. The number of benzene rings is 1. The zero-order valence-electron chi connectivity index (χ0n) is 15.2. The van der Waals surface area contributed by atoms with E-state index in [1.54, 1.807) is 4.90 Å². The lowest BCUT2D eigenvalue weighted by Crippen LogP contribution is -2.42. The van der Waals surface area contributed by atoms with Crippen LogP contribution in [0.5, 0.6) is 11.5 Å². The number of amides is 1. The Morgan fingerprint density at radius 2 is 1.96 bits per heavy atom. The number of nitrogens with zero attached hydrogens (tertiary/aromatic N) is 1. The summed E-state index contributed by atoms with van der Waals surface area (Å²) in [5.74, 6) is 2.12. The van der Waals surface area contributed by atoms with E-state index in [1.807, 2.05) is 31.3 Å². The minimum absolute atomic E-state index is 0.0408. The van der Waals surface area contributed by atoms with Crippen LogP contribution < -0.4 is 9.47 Å². The number of carbonyl (C=O) groups is 1. The summed E-state index contributed by atoms with van der Waals surface area (Å²) in [6, 6.07) is 7.65. The fraction of sp³-hybridized carbons (Fsp3) is 0.550. The lowest BCUT2D eigenvalue weighted by molar-refractivity contribution is -0.133. The fourth-order valence-corrected chi connectivity index (χ4v) is 3.61. The molecule has 3 atom stereocenters. The molecule has 1 fully saturated rings. The van der Waals surface area contributed by atoms with Crippen molar-refractivity contribution in [2.45, 2.75) is 33.8 Å². The van der Waals surface area contributed by atoms with Gasteiger partial charge in [0.05, 0.1) is 12.5 Å². The molecule has 1 aromatic carbocycles. The van der Waals surface area contributed by atoms with Gasteiger partial charge in [-0.1, -0.05) is 37.6 Å². The number of hydrogen-bond acceptors (Lipinski definition) is 3. The highest BCUT2D eigenvalue weighted by atomic mass is 16.6. The molecule has 0 saturated heterocycles. The average molecular weight is 329 g/mol. The van der Waals surface area contributed by atoms with E-state index >= 15 is 0 Å². The number of allylic oxidation sites excluding steroid dienone is 2. The third-order valence-corrected chi connectivity index (χ3v) is 5.11. The predicted octanol–water partition coefficient (Wildman–Crippen LogP) is 3.52. The summed E-state index contributed by atoms with van der Waals surface area (Å²) in [5.41, 5.74) is 1.31. The molecule has 1 aromatic rings. The Balaban J connectivity index is 1.61. The van der Waals surface area contributed by atoms with E-state index in [0.717, 1.165) is 11.5 Å². The van der Waals surface area contributed by atoms with Gasteiger partial charge >= 0.3 is 0 Å². The molecule has 0 aromatic heterocycles. The molecule has 3 rings (SSSR count). The molecular weight excluding hydrogens is 302 g/mol. The molecule has 1 heterocycles. The zero-order valence-corrected chi connectivity index (χ0v) is 15.2. The van der Waals surface area contributed by atoms with Crippen LogP contribution in [0.3, 0.4) is 0 Å². The van der Waals surface area contributed by atoms with Crippen molar-refractivity contribution in [3.8, 4) is 11.5 Å². The third-order valence-electron chi connectivity index (χ3n) is 5.11. The molecule has 1 amide bonds. The van der Waals surface area contributed by atoms with Gasteiger partial charge in [0.15, 0.2) is 17.6 Å². The molecule has 24 heavy (non-hydrogen) atoms. The number of para-hydroxylation sites is 2. The Hall–Kier alpha value is -1.97. The SMILES string of the molecule is CC(C)=C[C@@H]1[C@H](C(=O)N(C)C[C@H]2COc3ccccc3O2)C1(C)C. The maximum absolute atomic E-state index is 12.8. The largest absolute Gasteiger partial charge is 0.486 e. The van der Waals surface area contributed by atoms with Crippen LogP contribution in [0.2, 0.25) is 0 Å². The van der Waals surface area contributed by atoms with Crippen molar-refractivity contribution in [2.75, 3.05) is 20.2 Å². The van der Waals surface area contributed by atoms with Crippen LogP contribution >= 0.6 is 0 Å². The Kier molecular flexibility index (Phi) is 4.33. The molecule has 2 aliphatic rings. The maximum Gasteiger partial charge on any atom is 0.226 e. The quantitative estimate of drug-likeness (QED) is 0.793. The normalized spacial score (nSPS) is 26.5. The number of carbonyl (C=O) groups excluding carboxylic acids is 1. The zero-order chi connectivity index (χ0) is 17.5. The molecule has 4 nitrogen and oxygen atoms in total. The fourth-order valence-electron chi connectivity index (χ4n) is 3.61. The predicted molar refractivity (Wildman–Crippen MR) is 94.2 cm³/mol. The van der Waals surface area contributed by atoms with Crippen LogP contribution in [0.25, 0.3) is 0 Å². The molecule has 130 valence electrons. The summed E-state index contributed by atoms with van der Waals surface area (Å²) in [4.78, 5) is 14.6. The van der Waals surface area contributed by atoms with Gasteiger partial charge in [-0.2, -0.15) is 0 Å². The van der Waals surface area contributed by atoms with Crippen LogP contribution in [-0.4, -0.2) is 37.1 Å². The second kappa shape index (κ2) is 6.15. The van der Waals surface area contributed by atoms with Gasteiger partial charge in [-0.25, -0.2) is 0 Å². The minimum atomic E-state index is -0.127. The summed E-state index contributed by atoms with van der Waals surface area (Å²) in [5, 5.41) is 0. The van der Waals surface area contributed by atoms with Gasteiger partial charge in [0, 0.05) is 7.05 Å². The van der Waals surface area contributed by atoms with Gasteiger partial charge in [-0.15, -0.1) is 0 Å². The molecular formula is C20H27NO3. The first kappa shape index (κ1) is 16.9. The van der Waals surface area contributed by atoms with Gasteiger partial charge in [-0.3, -0.25) is 4.79 Å². The van der Waals surface area contributed by atoms with E-state index < -0.39 is 0 Å². The Labute approximate surface area is 144 Å². The molecule has 0 bridgehead atoms. The maximum atomic E-state index is 12.8. The van der Waals surface area contributed by atoms with Crippen LogP contribution in [0.15, 0.2) is 35.9 Å².